The molecule has 0 saturated carbocycles. The van der Waals surface area contributed by atoms with Crippen LogP contribution in [0.4, 0.5) is 0 Å². The Balaban J connectivity index is 1.53. The van der Waals surface area contributed by atoms with Gasteiger partial charge in [0.25, 0.3) is 5.56 Å². The van der Waals surface area contributed by atoms with Crippen LogP contribution in [-0.2, 0) is 17.8 Å². The average Bonchev–Trinajstić information content (AvgIpc) is 2.68. The van der Waals surface area contributed by atoms with Crippen LogP contribution in [0.25, 0.3) is 10.9 Å². The third-order valence-corrected chi connectivity index (χ3v) is 5.21. The molecule has 0 aliphatic carbocycles. The van der Waals surface area contributed by atoms with Gasteiger partial charge < -0.3 is 9.88 Å². The van der Waals surface area contributed by atoms with Gasteiger partial charge in [-0.1, -0.05) is 24.3 Å². The maximum absolute atomic E-state index is 12.4. The average molecular weight is 382 g/mol. The van der Waals surface area contributed by atoms with Crippen LogP contribution in [0, 0.1) is 0 Å². The zero-order chi connectivity index (χ0) is 19.2. The molecule has 0 spiro atoms. The summed E-state index contributed by atoms with van der Waals surface area (Å²) in [4.78, 5) is 34.7. The second-order valence-electron chi connectivity index (χ2n) is 6.48. The van der Waals surface area contributed by atoms with Gasteiger partial charge in [-0.05, 0) is 42.5 Å². The van der Waals surface area contributed by atoms with Crippen molar-refractivity contribution in [3.05, 3.63) is 70.3 Å². The van der Waals surface area contributed by atoms with Gasteiger partial charge in [0.1, 0.15) is 5.82 Å². The highest BCUT2D eigenvalue weighted by Crippen LogP contribution is 2.16. The predicted molar refractivity (Wildman–Crippen MR) is 110 cm³/mol. The van der Waals surface area contributed by atoms with E-state index in [9.17, 15) is 9.59 Å². The molecule has 1 aromatic heterocycles. The highest BCUT2D eigenvalue weighted by atomic mass is 32.2. The number of carbonyl (C=O) groups excluding carboxylic acids is 1. The van der Waals surface area contributed by atoms with Crippen molar-refractivity contribution in [2.75, 3.05) is 13.3 Å². The summed E-state index contributed by atoms with van der Waals surface area (Å²) in [6.07, 6.45) is 3.69. The van der Waals surface area contributed by atoms with Crippen molar-refractivity contribution < 1.29 is 4.79 Å². The summed E-state index contributed by atoms with van der Waals surface area (Å²) in [5.74, 6) is 0.717. The van der Waals surface area contributed by atoms with E-state index in [1.54, 1.807) is 22.7 Å². The van der Waals surface area contributed by atoms with Crippen molar-refractivity contribution >= 4 is 28.6 Å². The summed E-state index contributed by atoms with van der Waals surface area (Å²) in [6, 6.07) is 15.5. The number of aryl methyl sites for hydroxylation is 1. The quantitative estimate of drug-likeness (QED) is 0.635. The van der Waals surface area contributed by atoms with Gasteiger partial charge in [-0.15, -0.1) is 11.8 Å². The molecule has 3 rings (SSSR count). The van der Waals surface area contributed by atoms with E-state index in [1.807, 2.05) is 31.5 Å². The van der Waals surface area contributed by atoms with Crippen molar-refractivity contribution in [2.24, 2.45) is 0 Å². The summed E-state index contributed by atoms with van der Waals surface area (Å²) in [5, 5.41) is 0.588. The zero-order valence-corrected chi connectivity index (χ0v) is 16.4. The van der Waals surface area contributed by atoms with E-state index < -0.39 is 0 Å². The molecule has 0 unspecified atom stereocenters. The molecule has 2 aromatic carbocycles. The number of amides is 1. The Kier molecular flexibility index (Phi) is 6.29. The van der Waals surface area contributed by atoms with E-state index in [2.05, 4.69) is 34.2 Å². The van der Waals surface area contributed by atoms with Crippen LogP contribution in [-0.4, -0.2) is 34.1 Å². The number of rotatable bonds is 7. The van der Waals surface area contributed by atoms with Gasteiger partial charge >= 0.3 is 0 Å². The van der Waals surface area contributed by atoms with Crippen molar-refractivity contribution in [1.29, 1.82) is 0 Å². The van der Waals surface area contributed by atoms with Crippen LogP contribution in [0.1, 0.15) is 24.2 Å². The van der Waals surface area contributed by atoms with E-state index in [-0.39, 0.29) is 11.5 Å². The minimum Gasteiger partial charge on any atom is -0.341 e. The fraction of sp³-hybridized carbons (Fsp3) is 0.286. The number of fused-ring (bicyclic) bond motifs is 1. The molecule has 1 amide bonds. The number of carbonyl (C=O) groups is 1. The molecule has 27 heavy (non-hydrogen) atoms. The third-order valence-electron chi connectivity index (χ3n) is 4.47. The van der Waals surface area contributed by atoms with Crippen LogP contribution in [0.5, 0.6) is 0 Å². The maximum Gasteiger partial charge on any atom is 0.258 e. The number of aromatic amines is 1. The van der Waals surface area contributed by atoms with Gasteiger partial charge in [-0.25, -0.2) is 4.98 Å². The molecular formula is C21H23N3O2S. The first-order chi connectivity index (χ1) is 13.1. The first-order valence-corrected chi connectivity index (χ1v) is 10.1. The smallest absolute Gasteiger partial charge is 0.258 e. The molecule has 0 saturated heterocycles. The van der Waals surface area contributed by atoms with Crippen LogP contribution in [0.15, 0.2) is 58.2 Å². The molecule has 1 heterocycles. The Morgan fingerprint density at radius 2 is 1.89 bits per heavy atom. The minimum absolute atomic E-state index is 0.0899. The third kappa shape index (κ3) is 4.98. The SMILES string of the molecule is CSc1ccc(CN(C)C(=O)CCCc2nc3ccccc3c(=O)[nH]2)cc1. The number of hydrogen-bond acceptors (Lipinski definition) is 4. The highest BCUT2D eigenvalue weighted by molar-refractivity contribution is 7.98. The lowest BCUT2D eigenvalue weighted by atomic mass is 10.1. The number of nitrogens with zero attached hydrogens (tertiary/aromatic N) is 2. The lowest BCUT2D eigenvalue weighted by Crippen LogP contribution is -2.26. The van der Waals surface area contributed by atoms with Gasteiger partial charge in [-0.3, -0.25) is 9.59 Å². The molecule has 0 bridgehead atoms. The van der Waals surface area contributed by atoms with Crippen molar-refractivity contribution in [1.82, 2.24) is 14.9 Å². The van der Waals surface area contributed by atoms with E-state index in [4.69, 9.17) is 0 Å². The number of hydrogen-bond donors (Lipinski definition) is 1. The fourth-order valence-electron chi connectivity index (χ4n) is 2.94. The van der Waals surface area contributed by atoms with Gasteiger partial charge in [0, 0.05) is 31.3 Å². The van der Waals surface area contributed by atoms with Crippen LogP contribution < -0.4 is 5.56 Å². The maximum atomic E-state index is 12.4. The predicted octanol–water partition coefficient (Wildman–Crippen LogP) is 3.63. The van der Waals surface area contributed by atoms with Gasteiger partial charge in [0.15, 0.2) is 0 Å². The molecule has 0 aliphatic rings. The molecule has 3 aromatic rings. The topological polar surface area (TPSA) is 66.1 Å². The summed E-state index contributed by atoms with van der Waals surface area (Å²) in [6.45, 7) is 0.596. The molecule has 6 heteroatoms. The van der Waals surface area contributed by atoms with E-state index in [0.29, 0.717) is 42.5 Å². The first-order valence-electron chi connectivity index (χ1n) is 8.91. The molecule has 0 fully saturated rings. The number of para-hydroxylation sites is 1. The molecule has 5 nitrogen and oxygen atoms in total. The minimum atomic E-state index is -0.132. The van der Waals surface area contributed by atoms with E-state index in [1.165, 1.54) is 4.90 Å². The Morgan fingerprint density at radius 1 is 1.15 bits per heavy atom. The number of nitrogens with one attached hydrogen (secondary N) is 1. The van der Waals surface area contributed by atoms with Crippen LogP contribution in [0.2, 0.25) is 0 Å². The van der Waals surface area contributed by atoms with Gasteiger partial charge in [-0.2, -0.15) is 0 Å². The fourth-order valence-corrected chi connectivity index (χ4v) is 3.35. The largest absolute Gasteiger partial charge is 0.341 e. The molecule has 0 aliphatic heterocycles. The van der Waals surface area contributed by atoms with Gasteiger partial charge in [0.05, 0.1) is 10.9 Å². The van der Waals surface area contributed by atoms with E-state index in [0.717, 1.165) is 5.56 Å². The van der Waals surface area contributed by atoms with Crippen LogP contribution >= 0.6 is 11.8 Å². The zero-order valence-electron chi connectivity index (χ0n) is 15.6. The number of aromatic nitrogens is 2. The number of H-pyrrole nitrogens is 1. The highest BCUT2D eigenvalue weighted by Gasteiger charge is 2.10. The van der Waals surface area contributed by atoms with Crippen molar-refractivity contribution in [3.8, 4) is 0 Å². The second kappa shape index (κ2) is 8.86. The van der Waals surface area contributed by atoms with E-state index >= 15 is 0 Å². The van der Waals surface area contributed by atoms with Crippen molar-refractivity contribution in [3.63, 3.8) is 0 Å². The first kappa shape index (κ1) is 19.2. The van der Waals surface area contributed by atoms with Gasteiger partial charge in [0.2, 0.25) is 5.91 Å². The molecular weight excluding hydrogens is 358 g/mol. The molecule has 0 radical (unpaired) electrons. The monoisotopic (exact) mass is 381 g/mol. The molecule has 1 N–H and O–H groups in total. The number of benzene rings is 2. The lowest BCUT2D eigenvalue weighted by molar-refractivity contribution is -0.130. The lowest BCUT2D eigenvalue weighted by Gasteiger charge is -2.17. The Morgan fingerprint density at radius 3 is 2.63 bits per heavy atom. The standard InChI is InChI=1S/C21H23N3O2S/c1-24(14-15-10-12-16(27-2)13-11-15)20(25)9-5-8-19-22-18-7-4-3-6-17(18)21(26)23-19/h3-4,6-7,10-13H,5,8-9,14H2,1-2H3,(H,22,23,26). The Hall–Kier alpha value is -2.60. The molecule has 140 valence electrons. The Bertz CT molecular complexity index is 983. The normalized spacial score (nSPS) is 10.9. The summed E-state index contributed by atoms with van der Waals surface area (Å²) < 4.78 is 0. The van der Waals surface area contributed by atoms with Crippen LogP contribution in [0.3, 0.4) is 0 Å². The number of thioether (sulfide) groups is 1. The van der Waals surface area contributed by atoms with Crippen molar-refractivity contribution in [2.45, 2.75) is 30.7 Å². The summed E-state index contributed by atoms with van der Waals surface area (Å²) >= 11 is 1.70. The second-order valence-corrected chi connectivity index (χ2v) is 7.36. The molecule has 0 atom stereocenters. The Labute approximate surface area is 162 Å². The summed E-state index contributed by atoms with van der Waals surface area (Å²) in [5.41, 5.74) is 1.67. The summed E-state index contributed by atoms with van der Waals surface area (Å²) in [7, 11) is 1.82.